The van der Waals surface area contributed by atoms with E-state index in [-0.39, 0.29) is 0 Å². The van der Waals surface area contributed by atoms with Gasteiger partial charge in [-0.25, -0.2) is 0 Å². The molecule has 1 unspecified atom stereocenters. The predicted octanol–water partition coefficient (Wildman–Crippen LogP) is 1.78. The van der Waals surface area contributed by atoms with Crippen LogP contribution in [0.25, 0.3) is 0 Å². The standard InChI is InChI=1S/C12H17NO2/c1-9(8-13-2)10-4-3-5-11-12(10)15-7-6-14-11/h3-5,9,13H,6-8H2,1-2H3. The Balaban J connectivity index is 2.30. The Morgan fingerprint density at radius 2 is 2.13 bits per heavy atom. The number of ether oxygens (including phenoxy) is 2. The van der Waals surface area contributed by atoms with Crippen molar-refractivity contribution in [1.29, 1.82) is 0 Å². The Morgan fingerprint density at radius 3 is 2.93 bits per heavy atom. The molecule has 0 aliphatic carbocycles. The first-order valence-corrected chi connectivity index (χ1v) is 5.36. The fourth-order valence-corrected chi connectivity index (χ4v) is 1.90. The Labute approximate surface area is 90.4 Å². The molecular formula is C12H17NO2. The van der Waals surface area contributed by atoms with Gasteiger partial charge in [0.25, 0.3) is 0 Å². The summed E-state index contributed by atoms with van der Waals surface area (Å²) in [5.74, 6) is 2.24. The number of likely N-dealkylation sites (N-methyl/N-ethyl adjacent to an activating group) is 1. The lowest BCUT2D eigenvalue weighted by Gasteiger charge is -2.23. The molecule has 1 atom stereocenters. The van der Waals surface area contributed by atoms with Crippen molar-refractivity contribution < 1.29 is 9.47 Å². The van der Waals surface area contributed by atoms with Crippen LogP contribution in [0.2, 0.25) is 0 Å². The summed E-state index contributed by atoms with van der Waals surface area (Å²) in [7, 11) is 1.96. The molecule has 1 aliphatic heterocycles. The van der Waals surface area contributed by atoms with Crippen molar-refractivity contribution in [2.75, 3.05) is 26.8 Å². The number of rotatable bonds is 3. The first kappa shape index (κ1) is 10.3. The molecule has 0 saturated heterocycles. The zero-order valence-electron chi connectivity index (χ0n) is 9.25. The molecule has 1 N–H and O–H groups in total. The molecule has 1 aliphatic rings. The summed E-state index contributed by atoms with van der Waals surface area (Å²) in [6.07, 6.45) is 0. The highest BCUT2D eigenvalue weighted by Crippen LogP contribution is 2.37. The highest BCUT2D eigenvalue weighted by Gasteiger charge is 2.18. The smallest absolute Gasteiger partial charge is 0.164 e. The third-order valence-electron chi connectivity index (χ3n) is 2.64. The lowest BCUT2D eigenvalue weighted by Crippen LogP contribution is -2.20. The molecule has 0 saturated carbocycles. The SMILES string of the molecule is CNCC(C)c1cccc2c1OCCO2. The Bertz CT molecular complexity index is 338. The molecule has 82 valence electrons. The summed E-state index contributed by atoms with van der Waals surface area (Å²) in [6.45, 7) is 4.43. The van der Waals surface area contributed by atoms with Crippen LogP contribution >= 0.6 is 0 Å². The molecule has 0 amide bonds. The monoisotopic (exact) mass is 207 g/mol. The fraction of sp³-hybridized carbons (Fsp3) is 0.500. The van der Waals surface area contributed by atoms with Crippen molar-refractivity contribution in [1.82, 2.24) is 5.32 Å². The highest BCUT2D eigenvalue weighted by molar-refractivity contribution is 5.49. The molecule has 0 bridgehead atoms. The maximum Gasteiger partial charge on any atom is 0.164 e. The molecule has 3 nitrogen and oxygen atoms in total. The van der Waals surface area contributed by atoms with Gasteiger partial charge >= 0.3 is 0 Å². The van der Waals surface area contributed by atoms with Gasteiger partial charge in [0.15, 0.2) is 11.5 Å². The largest absolute Gasteiger partial charge is 0.486 e. The molecular weight excluding hydrogens is 190 g/mol. The van der Waals surface area contributed by atoms with Gasteiger partial charge in [0.05, 0.1) is 0 Å². The van der Waals surface area contributed by atoms with Crippen LogP contribution in [0.4, 0.5) is 0 Å². The van der Waals surface area contributed by atoms with E-state index in [0.29, 0.717) is 19.1 Å². The third kappa shape index (κ3) is 2.07. The van der Waals surface area contributed by atoms with Gasteiger partial charge in [-0.05, 0) is 19.0 Å². The zero-order valence-corrected chi connectivity index (χ0v) is 9.25. The Morgan fingerprint density at radius 1 is 1.33 bits per heavy atom. The van der Waals surface area contributed by atoms with Crippen molar-refractivity contribution in [3.05, 3.63) is 23.8 Å². The second-order valence-electron chi connectivity index (χ2n) is 3.83. The van der Waals surface area contributed by atoms with Crippen LogP contribution in [0, 0.1) is 0 Å². The molecule has 2 rings (SSSR count). The minimum atomic E-state index is 0.437. The number of hydrogen-bond acceptors (Lipinski definition) is 3. The first-order chi connectivity index (χ1) is 7.33. The van der Waals surface area contributed by atoms with E-state index in [1.54, 1.807) is 0 Å². The van der Waals surface area contributed by atoms with E-state index in [1.165, 1.54) is 5.56 Å². The summed E-state index contributed by atoms with van der Waals surface area (Å²) in [6, 6.07) is 6.09. The second-order valence-corrected chi connectivity index (χ2v) is 3.83. The Hall–Kier alpha value is -1.22. The lowest BCUT2D eigenvalue weighted by molar-refractivity contribution is 0.169. The molecule has 1 heterocycles. The number of fused-ring (bicyclic) bond motifs is 1. The summed E-state index contributed by atoms with van der Waals surface area (Å²) in [5.41, 5.74) is 1.22. The minimum Gasteiger partial charge on any atom is -0.486 e. The van der Waals surface area contributed by atoms with Crippen LogP contribution in [-0.2, 0) is 0 Å². The molecule has 3 heteroatoms. The van der Waals surface area contributed by atoms with Gasteiger partial charge in [-0.2, -0.15) is 0 Å². The van der Waals surface area contributed by atoms with Gasteiger partial charge in [-0.3, -0.25) is 0 Å². The van der Waals surface area contributed by atoms with Crippen LogP contribution in [0.3, 0.4) is 0 Å². The molecule has 0 radical (unpaired) electrons. The van der Waals surface area contributed by atoms with Crippen molar-refractivity contribution in [2.45, 2.75) is 12.8 Å². The van der Waals surface area contributed by atoms with E-state index in [9.17, 15) is 0 Å². The number of para-hydroxylation sites is 1. The number of benzene rings is 1. The average molecular weight is 207 g/mol. The van der Waals surface area contributed by atoms with Crippen LogP contribution in [0.1, 0.15) is 18.4 Å². The summed E-state index contributed by atoms with van der Waals surface area (Å²) >= 11 is 0. The lowest BCUT2D eigenvalue weighted by atomic mass is 9.99. The zero-order chi connectivity index (χ0) is 10.7. The number of nitrogens with one attached hydrogen (secondary N) is 1. The summed E-state index contributed by atoms with van der Waals surface area (Å²) in [4.78, 5) is 0. The van der Waals surface area contributed by atoms with Crippen LogP contribution in [-0.4, -0.2) is 26.8 Å². The summed E-state index contributed by atoms with van der Waals surface area (Å²) in [5, 5.41) is 3.18. The van der Waals surface area contributed by atoms with Gasteiger partial charge in [-0.15, -0.1) is 0 Å². The Kier molecular flexibility index (Phi) is 3.11. The van der Waals surface area contributed by atoms with Crippen LogP contribution < -0.4 is 14.8 Å². The van der Waals surface area contributed by atoms with Gasteiger partial charge in [0.2, 0.25) is 0 Å². The van der Waals surface area contributed by atoms with Crippen LogP contribution in [0.15, 0.2) is 18.2 Å². The highest BCUT2D eigenvalue weighted by atomic mass is 16.6. The summed E-state index contributed by atoms with van der Waals surface area (Å²) < 4.78 is 11.2. The average Bonchev–Trinajstić information content (AvgIpc) is 2.28. The van der Waals surface area contributed by atoms with Gasteiger partial charge in [0, 0.05) is 12.1 Å². The van der Waals surface area contributed by atoms with Crippen molar-refractivity contribution in [3.8, 4) is 11.5 Å². The van der Waals surface area contributed by atoms with E-state index in [4.69, 9.17) is 9.47 Å². The molecule has 1 aromatic rings. The van der Waals surface area contributed by atoms with Gasteiger partial charge < -0.3 is 14.8 Å². The third-order valence-corrected chi connectivity index (χ3v) is 2.64. The van der Waals surface area contributed by atoms with E-state index in [0.717, 1.165) is 18.0 Å². The van der Waals surface area contributed by atoms with Crippen molar-refractivity contribution in [3.63, 3.8) is 0 Å². The van der Waals surface area contributed by atoms with Crippen molar-refractivity contribution >= 4 is 0 Å². The minimum absolute atomic E-state index is 0.437. The molecule has 0 spiro atoms. The molecule has 1 aromatic carbocycles. The number of hydrogen-bond donors (Lipinski definition) is 1. The van der Waals surface area contributed by atoms with E-state index in [2.05, 4.69) is 18.3 Å². The maximum atomic E-state index is 5.67. The van der Waals surface area contributed by atoms with E-state index < -0.39 is 0 Å². The predicted molar refractivity (Wildman–Crippen MR) is 59.8 cm³/mol. The molecule has 15 heavy (non-hydrogen) atoms. The van der Waals surface area contributed by atoms with Crippen molar-refractivity contribution in [2.24, 2.45) is 0 Å². The molecule has 0 aromatic heterocycles. The van der Waals surface area contributed by atoms with E-state index >= 15 is 0 Å². The normalized spacial score (nSPS) is 16.1. The van der Waals surface area contributed by atoms with Gasteiger partial charge in [0.1, 0.15) is 13.2 Å². The topological polar surface area (TPSA) is 30.5 Å². The quantitative estimate of drug-likeness (QED) is 0.819. The van der Waals surface area contributed by atoms with Crippen LogP contribution in [0.5, 0.6) is 11.5 Å². The second kappa shape index (κ2) is 4.53. The first-order valence-electron chi connectivity index (χ1n) is 5.36. The van der Waals surface area contributed by atoms with E-state index in [1.807, 2.05) is 19.2 Å². The maximum absolute atomic E-state index is 5.67. The molecule has 0 fully saturated rings. The fourth-order valence-electron chi connectivity index (χ4n) is 1.90. The van der Waals surface area contributed by atoms with Gasteiger partial charge in [-0.1, -0.05) is 19.1 Å².